The van der Waals surface area contributed by atoms with Crippen LogP contribution in [-0.4, -0.2) is 12.2 Å². The summed E-state index contributed by atoms with van der Waals surface area (Å²) in [6.45, 7) is 5.90. The molecule has 0 saturated heterocycles. The van der Waals surface area contributed by atoms with Gasteiger partial charge in [0.2, 0.25) is 0 Å². The third kappa shape index (κ3) is 5.03. The minimum absolute atomic E-state index is 0.282. The van der Waals surface area contributed by atoms with Gasteiger partial charge < -0.3 is 9.84 Å². The number of hydrogen-bond acceptors (Lipinski definition) is 2. The maximum Gasteiger partial charge on any atom is 0.126 e. The fraction of sp³-hybridized carbons (Fsp3) is 0.238. The summed E-state index contributed by atoms with van der Waals surface area (Å²) in [5.74, 6) is 1.01. The highest BCUT2D eigenvalue weighted by molar-refractivity contribution is 5.59. The van der Waals surface area contributed by atoms with E-state index >= 15 is 0 Å². The van der Waals surface area contributed by atoms with E-state index in [-0.39, 0.29) is 5.75 Å². The average molecular weight is 308 g/mol. The Morgan fingerprint density at radius 3 is 2.61 bits per heavy atom. The van der Waals surface area contributed by atoms with Crippen molar-refractivity contribution in [2.75, 3.05) is 7.11 Å². The Balaban J connectivity index is 2.13. The molecule has 0 aromatic heterocycles. The van der Waals surface area contributed by atoms with Crippen LogP contribution in [0.15, 0.2) is 60.7 Å². The third-order valence-corrected chi connectivity index (χ3v) is 3.74. The van der Waals surface area contributed by atoms with Gasteiger partial charge in [-0.2, -0.15) is 0 Å². The van der Waals surface area contributed by atoms with Gasteiger partial charge in [-0.1, -0.05) is 48.1 Å². The summed E-state index contributed by atoms with van der Waals surface area (Å²) in [5, 5.41) is 10.3. The zero-order chi connectivity index (χ0) is 16.7. The van der Waals surface area contributed by atoms with Crippen molar-refractivity contribution in [3.63, 3.8) is 0 Å². The van der Waals surface area contributed by atoms with E-state index in [2.05, 4.69) is 24.8 Å². The van der Waals surface area contributed by atoms with E-state index in [1.165, 1.54) is 5.56 Å². The number of methoxy groups -OCH3 is 1. The molecule has 120 valence electrons. The maximum absolute atomic E-state index is 10.3. The minimum atomic E-state index is 0.282. The molecule has 0 aliphatic heterocycles. The smallest absolute Gasteiger partial charge is 0.126 e. The predicted molar refractivity (Wildman–Crippen MR) is 97.0 cm³/mol. The molecule has 0 radical (unpaired) electrons. The number of hydrogen-bond donors (Lipinski definition) is 1. The van der Waals surface area contributed by atoms with Gasteiger partial charge >= 0.3 is 0 Å². The maximum atomic E-state index is 10.3. The summed E-state index contributed by atoms with van der Waals surface area (Å²) in [4.78, 5) is 0. The Hall–Kier alpha value is -2.48. The molecule has 0 aliphatic carbocycles. The Kier molecular flexibility index (Phi) is 6.04. The first-order chi connectivity index (χ1) is 11.1. The van der Waals surface area contributed by atoms with Crippen LogP contribution in [0.2, 0.25) is 0 Å². The van der Waals surface area contributed by atoms with E-state index in [1.807, 2.05) is 37.3 Å². The van der Waals surface area contributed by atoms with Crippen LogP contribution in [0.25, 0.3) is 6.08 Å². The van der Waals surface area contributed by atoms with Crippen molar-refractivity contribution < 1.29 is 9.84 Å². The molecule has 2 aromatic rings. The molecule has 2 heteroatoms. The fourth-order valence-electron chi connectivity index (χ4n) is 2.46. The molecular formula is C21H24O2. The van der Waals surface area contributed by atoms with E-state index in [9.17, 15) is 5.11 Å². The van der Waals surface area contributed by atoms with Gasteiger partial charge in [0.15, 0.2) is 0 Å². The van der Waals surface area contributed by atoms with Crippen molar-refractivity contribution in [2.45, 2.75) is 26.2 Å². The van der Waals surface area contributed by atoms with Crippen molar-refractivity contribution in [3.05, 3.63) is 77.4 Å². The van der Waals surface area contributed by atoms with Crippen LogP contribution >= 0.6 is 0 Å². The molecule has 2 rings (SSSR count). The lowest BCUT2D eigenvalue weighted by Crippen LogP contribution is -1.95. The molecule has 2 nitrogen and oxygen atoms in total. The van der Waals surface area contributed by atoms with Gasteiger partial charge in [0, 0.05) is 5.56 Å². The van der Waals surface area contributed by atoms with Crippen LogP contribution in [0.3, 0.4) is 0 Å². The second-order valence-corrected chi connectivity index (χ2v) is 5.77. The highest BCUT2D eigenvalue weighted by Gasteiger charge is 2.10. The standard InChI is InChI=1S/C21H24O2/c1-16(2)12-13-19-20(22)14-18(15-21(19)23-3)11-7-10-17-8-5-4-6-9-17/h4-9,11,14-15,22H,1,10,12-13H2,2-3H3. The summed E-state index contributed by atoms with van der Waals surface area (Å²) in [7, 11) is 1.64. The van der Waals surface area contributed by atoms with Crippen molar-refractivity contribution in [1.82, 2.24) is 0 Å². The topological polar surface area (TPSA) is 29.5 Å². The minimum Gasteiger partial charge on any atom is -0.508 e. The number of allylic oxidation sites excluding steroid dienone is 2. The van der Waals surface area contributed by atoms with Gasteiger partial charge in [-0.15, -0.1) is 6.58 Å². The van der Waals surface area contributed by atoms with Crippen LogP contribution < -0.4 is 4.74 Å². The lowest BCUT2D eigenvalue weighted by atomic mass is 10.0. The summed E-state index contributed by atoms with van der Waals surface area (Å²) in [6.07, 6.45) is 6.54. The summed E-state index contributed by atoms with van der Waals surface area (Å²) >= 11 is 0. The largest absolute Gasteiger partial charge is 0.508 e. The first-order valence-electron chi connectivity index (χ1n) is 7.85. The van der Waals surface area contributed by atoms with Gasteiger partial charge in [-0.05, 0) is 49.4 Å². The summed E-state index contributed by atoms with van der Waals surface area (Å²) < 4.78 is 5.44. The van der Waals surface area contributed by atoms with Gasteiger partial charge in [-0.3, -0.25) is 0 Å². The average Bonchev–Trinajstić information content (AvgIpc) is 2.54. The second kappa shape index (κ2) is 8.23. The lowest BCUT2D eigenvalue weighted by molar-refractivity contribution is 0.399. The molecule has 0 heterocycles. The number of benzene rings is 2. The fourth-order valence-corrected chi connectivity index (χ4v) is 2.46. The monoisotopic (exact) mass is 308 g/mol. The van der Waals surface area contributed by atoms with Gasteiger partial charge in [-0.25, -0.2) is 0 Å². The number of rotatable bonds is 7. The first-order valence-corrected chi connectivity index (χ1v) is 7.85. The number of phenols is 1. The van der Waals surface area contributed by atoms with Gasteiger partial charge in [0.25, 0.3) is 0 Å². The van der Waals surface area contributed by atoms with Crippen LogP contribution in [0.5, 0.6) is 11.5 Å². The van der Waals surface area contributed by atoms with Crippen LogP contribution in [0.1, 0.15) is 30.0 Å². The van der Waals surface area contributed by atoms with Crippen molar-refractivity contribution in [3.8, 4) is 11.5 Å². The first kappa shape index (κ1) is 16.9. The van der Waals surface area contributed by atoms with E-state index in [4.69, 9.17) is 4.74 Å². The van der Waals surface area contributed by atoms with Crippen molar-refractivity contribution in [2.24, 2.45) is 0 Å². The Bertz CT molecular complexity index is 684. The van der Waals surface area contributed by atoms with Gasteiger partial charge in [0.1, 0.15) is 11.5 Å². The van der Waals surface area contributed by atoms with Crippen molar-refractivity contribution >= 4 is 6.08 Å². The zero-order valence-electron chi connectivity index (χ0n) is 13.9. The van der Waals surface area contributed by atoms with Crippen LogP contribution in [0.4, 0.5) is 0 Å². The third-order valence-electron chi connectivity index (χ3n) is 3.74. The highest BCUT2D eigenvalue weighted by atomic mass is 16.5. The molecule has 0 bridgehead atoms. The van der Waals surface area contributed by atoms with E-state index < -0.39 is 0 Å². The molecule has 0 fully saturated rings. The van der Waals surface area contributed by atoms with Crippen LogP contribution in [-0.2, 0) is 12.8 Å². The molecule has 0 atom stereocenters. The zero-order valence-corrected chi connectivity index (χ0v) is 13.9. The number of ether oxygens (including phenoxy) is 1. The molecule has 0 amide bonds. The van der Waals surface area contributed by atoms with E-state index in [0.717, 1.165) is 41.7 Å². The Labute approximate surface area is 138 Å². The molecular weight excluding hydrogens is 284 g/mol. The van der Waals surface area contributed by atoms with Crippen molar-refractivity contribution in [1.29, 1.82) is 0 Å². The van der Waals surface area contributed by atoms with Crippen LogP contribution in [0, 0.1) is 0 Å². The molecule has 0 spiro atoms. The van der Waals surface area contributed by atoms with E-state index in [1.54, 1.807) is 13.2 Å². The molecule has 2 aromatic carbocycles. The molecule has 0 unspecified atom stereocenters. The summed E-state index contributed by atoms with van der Waals surface area (Å²) in [6, 6.07) is 14.0. The van der Waals surface area contributed by atoms with Gasteiger partial charge in [0.05, 0.1) is 7.11 Å². The number of aromatic hydroxyl groups is 1. The normalized spacial score (nSPS) is 10.9. The highest BCUT2D eigenvalue weighted by Crippen LogP contribution is 2.32. The number of phenolic OH excluding ortho intramolecular Hbond substituents is 1. The Morgan fingerprint density at radius 2 is 1.96 bits per heavy atom. The molecule has 23 heavy (non-hydrogen) atoms. The molecule has 0 aliphatic rings. The lowest BCUT2D eigenvalue weighted by Gasteiger charge is -2.12. The molecule has 1 N–H and O–H groups in total. The molecule has 0 saturated carbocycles. The Morgan fingerprint density at radius 1 is 1.22 bits per heavy atom. The SMILES string of the molecule is C=C(C)CCc1c(O)cc(C=CCc2ccccc2)cc1OC. The predicted octanol–water partition coefficient (Wildman–Crippen LogP) is 5.17. The van der Waals surface area contributed by atoms with E-state index in [0.29, 0.717) is 0 Å². The quantitative estimate of drug-likeness (QED) is 0.715. The summed E-state index contributed by atoms with van der Waals surface area (Å²) in [5.41, 5.74) is 4.14. The second-order valence-electron chi connectivity index (χ2n) is 5.77.